The molecular formula is C19H22FN3O4S. The van der Waals surface area contributed by atoms with Crippen molar-refractivity contribution in [3.8, 4) is 0 Å². The maximum Gasteiger partial charge on any atom is 0.248 e. The lowest BCUT2D eigenvalue weighted by Crippen LogP contribution is -2.47. The van der Waals surface area contributed by atoms with E-state index in [4.69, 9.17) is 0 Å². The molecule has 7 nitrogen and oxygen atoms in total. The van der Waals surface area contributed by atoms with Gasteiger partial charge in [0.1, 0.15) is 11.9 Å². The van der Waals surface area contributed by atoms with Crippen LogP contribution in [0, 0.1) is 5.82 Å². The number of halogens is 1. The van der Waals surface area contributed by atoms with Crippen LogP contribution in [0.1, 0.15) is 20.3 Å². The standard InChI is InChI=1S/C19H22FN3O4S/c1-4-18(23(28(3,26)27)17-10-8-14(20)9-11-17)19(25)22-16-7-5-6-15(12-16)21-13(2)24/h5-12,18H,4H2,1-3H3,(H,21,24)(H,22,25)/t18-/m0/s1. The number of anilines is 3. The first kappa shape index (κ1) is 21.4. The minimum absolute atomic E-state index is 0.192. The molecule has 2 aromatic rings. The van der Waals surface area contributed by atoms with Crippen LogP contribution in [0.2, 0.25) is 0 Å². The minimum atomic E-state index is -3.81. The molecule has 0 aromatic heterocycles. The summed E-state index contributed by atoms with van der Waals surface area (Å²) in [4.78, 5) is 24.0. The molecule has 2 amide bonds. The number of rotatable bonds is 7. The average molecular weight is 407 g/mol. The highest BCUT2D eigenvalue weighted by atomic mass is 32.2. The van der Waals surface area contributed by atoms with Gasteiger partial charge in [0.15, 0.2) is 0 Å². The monoisotopic (exact) mass is 407 g/mol. The lowest BCUT2D eigenvalue weighted by atomic mass is 10.1. The van der Waals surface area contributed by atoms with Gasteiger partial charge < -0.3 is 10.6 Å². The van der Waals surface area contributed by atoms with Crippen molar-refractivity contribution in [2.75, 3.05) is 21.2 Å². The van der Waals surface area contributed by atoms with Crippen LogP contribution in [0.25, 0.3) is 0 Å². The Kier molecular flexibility index (Phi) is 6.74. The summed E-state index contributed by atoms with van der Waals surface area (Å²) in [7, 11) is -3.81. The third-order valence-electron chi connectivity index (χ3n) is 3.86. The second-order valence-electron chi connectivity index (χ2n) is 6.21. The van der Waals surface area contributed by atoms with Crippen LogP contribution in [-0.2, 0) is 19.6 Å². The Morgan fingerprint density at radius 1 is 1.07 bits per heavy atom. The van der Waals surface area contributed by atoms with E-state index in [-0.39, 0.29) is 18.0 Å². The Bertz CT molecular complexity index is 961. The second-order valence-corrected chi connectivity index (χ2v) is 8.07. The van der Waals surface area contributed by atoms with E-state index in [0.717, 1.165) is 22.7 Å². The number of carbonyl (C=O) groups is 2. The Morgan fingerprint density at radius 3 is 2.14 bits per heavy atom. The summed E-state index contributed by atoms with van der Waals surface area (Å²) in [6, 6.07) is 10.3. The van der Waals surface area contributed by atoms with E-state index < -0.39 is 27.8 Å². The fraction of sp³-hybridized carbons (Fsp3) is 0.263. The zero-order valence-electron chi connectivity index (χ0n) is 15.8. The minimum Gasteiger partial charge on any atom is -0.326 e. The molecule has 2 N–H and O–H groups in total. The highest BCUT2D eigenvalue weighted by Gasteiger charge is 2.31. The SMILES string of the molecule is CC[C@@H](C(=O)Nc1cccc(NC(C)=O)c1)N(c1ccc(F)cc1)S(C)(=O)=O. The smallest absolute Gasteiger partial charge is 0.248 e. The Balaban J connectivity index is 2.32. The van der Waals surface area contributed by atoms with E-state index in [0.29, 0.717) is 11.4 Å². The van der Waals surface area contributed by atoms with Crippen LogP contribution < -0.4 is 14.9 Å². The quantitative estimate of drug-likeness (QED) is 0.738. The number of nitrogens with one attached hydrogen (secondary N) is 2. The predicted molar refractivity (Wildman–Crippen MR) is 107 cm³/mol. The van der Waals surface area contributed by atoms with E-state index in [2.05, 4.69) is 10.6 Å². The van der Waals surface area contributed by atoms with Gasteiger partial charge in [-0.25, -0.2) is 12.8 Å². The molecule has 9 heteroatoms. The van der Waals surface area contributed by atoms with Crippen LogP contribution >= 0.6 is 0 Å². The first-order valence-corrected chi connectivity index (χ1v) is 10.4. The van der Waals surface area contributed by atoms with Gasteiger partial charge in [-0.2, -0.15) is 0 Å². The summed E-state index contributed by atoms with van der Waals surface area (Å²) < 4.78 is 38.9. The normalized spacial score (nSPS) is 12.1. The second kappa shape index (κ2) is 8.83. The van der Waals surface area contributed by atoms with Gasteiger partial charge in [-0.3, -0.25) is 13.9 Å². The molecule has 0 aliphatic rings. The Morgan fingerprint density at radius 2 is 1.64 bits per heavy atom. The van der Waals surface area contributed by atoms with Crippen molar-refractivity contribution < 1.29 is 22.4 Å². The average Bonchev–Trinajstić information content (AvgIpc) is 2.59. The number of hydrogen-bond donors (Lipinski definition) is 2. The number of sulfonamides is 1. The van der Waals surface area contributed by atoms with Gasteiger partial charge in [0.2, 0.25) is 21.8 Å². The van der Waals surface area contributed by atoms with E-state index in [1.54, 1.807) is 31.2 Å². The lowest BCUT2D eigenvalue weighted by molar-refractivity contribution is -0.117. The van der Waals surface area contributed by atoms with Crippen molar-refractivity contribution in [1.29, 1.82) is 0 Å². The zero-order valence-corrected chi connectivity index (χ0v) is 16.6. The summed E-state index contributed by atoms with van der Waals surface area (Å²) in [5.41, 5.74) is 1.09. The predicted octanol–water partition coefficient (Wildman–Crippen LogP) is 2.97. The van der Waals surface area contributed by atoms with Crippen LogP contribution in [0.3, 0.4) is 0 Å². The van der Waals surface area contributed by atoms with Crippen molar-refractivity contribution in [2.24, 2.45) is 0 Å². The largest absolute Gasteiger partial charge is 0.326 e. The molecule has 28 heavy (non-hydrogen) atoms. The third kappa shape index (κ3) is 5.53. The molecule has 2 rings (SSSR count). The molecule has 2 aromatic carbocycles. The van der Waals surface area contributed by atoms with E-state index in [1.807, 2.05) is 0 Å². The molecule has 150 valence electrons. The molecule has 0 saturated heterocycles. The van der Waals surface area contributed by atoms with E-state index in [1.165, 1.54) is 19.1 Å². The fourth-order valence-corrected chi connectivity index (χ4v) is 3.96. The molecule has 0 fully saturated rings. The van der Waals surface area contributed by atoms with Crippen molar-refractivity contribution in [3.05, 3.63) is 54.3 Å². The molecule has 0 saturated carbocycles. The fourth-order valence-electron chi connectivity index (χ4n) is 2.75. The molecule has 0 aliphatic carbocycles. The molecule has 1 atom stereocenters. The summed E-state index contributed by atoms with van der Waals surface area (Å²) >= 11 is 0. The Hall–Kier alpha value is -2.94. The molecule has 0 bridgehead atoms. The highest BCUT2D eigenvalue weighted by molar-refractivity contribution is 7.92. The lowest BCUT2D eigenvalue weighted by Gasteiger charge is -2.30. The topological polar surface area (TPSA) is 95.6 Å². The molecule has 0 radical (unpaired) electrons. The Labute approximate surface area is 163 Å². The molecule has 0 unspecified atom stereocenters. The maximum atomic E-state index is 13.2. The van der Waals surface area contributed by atoms with Gasteiger partial charge in [-0.1, -0.05) is 13.0 Å². The van der Waals surface area contributed by atoms with Crippen LogP contribution in [0.4, 0.5) is 21.5 Å². The molecule has 0 spiro atoms. The summed E-state index contributed by atoms with van der Waals surface area (Å²) in [6.45, 7) is 3.05. The number of amides is 2. The number of nitrogens with zero attached hydrogens (tertiary/aromatic N) is 1. The molecule has 0 aliphatic heterocycles. The van der Waals surface area contributed by atoms with Crippen molar-refractivity contribution in [3.63, 3.8) is 0 Å². The van der Waals surface area contributed by atoms with Crippen molar-refractivity contribution >= 4 is 38.9 Å². The maximum absolute atomic E-state index is 13.2. The van der Waals surface area contributed by atoms with Gasteiger partial charge in [-0.05, 0) is 48.9 Å². The van der Waals surface area contributed by atoms with E-state index in [9.17, 15) is 22.4 Å². The summed E-state index contributed by atoms with van der Waals surface area (Å²) in [6.07, 6.45) is 1.19. The third-order valence-corrected chi connectivity index (χ3v) is 5.04. The van der Waals surface area contributed by atoms with Gasteiger partial charge in [0, 0.05) is 18.3 Å². The first-order chi connectivity index (χ1) is 13.1. The number of carbonyl (C=O) groups excluding carboxylic acids is 2. The molecular weight excluding hydrogens is 385 g/mol. The van der Waals surface area contributed by atoms with Gasteiger partial charge in [0.05, 0.1) is 11.9 Å². The van der Waals surface area contributed by atoms with E-state index >= 15 is 0 Å². The van der Waals surface area contributed by atoms with Crippen molar-refractivity contribution in [1.82, 2.24) is 0 Å². The van der Waals surface area contributed by atoms with Gasteiger partial charge in [0.25, 0.3) is 0 Å². The zero-order chi connectivity index (χ0) is 20.9. The van der Waals surface area contributed by atoms with Crippen LogP contribution in [0.5, 0.6) is 0 Å². The van der Waals surface area contributed by atoms with Gasteiger partial charge in [-0.15, -0.1) is 0 Å². The number of hydrogen-bond acceptors (Lipinski definition) is 4. The van der Waals surface area contributed by atoms with Crippen molar-refractivity contribution in [2.45, 2.75) is 26.3 Å². The highest BCUT2D eigenvalue weighted by Crippen LogP contribution is 2.24. The summed E-state index contributed by atoms with van der Waals surface area (Å²) in [5.74, 6) is -1.31. The number of benzene rings is 2. The summed E-state index contributed by atoms with van der Waals surface area (Å²) in [5, 5.41) is 5.28. The first-order valence-electron chi connectivity index (χ1n) is 8.55. The van der Waals surface area contributed by atoms with Crippen LogP contribution in [-0.4, -0.2) is 32.5 Å². The van der Waals surface area contributed by atoms with Gasteiger partial charge >= 0.3 is 0 Å². The van der Waals surface area contributed by atoms with Crippen LogP contribution in [0.15, 0.2) is 48.5 Å². The molecule has 0 heterocycles.